The molecule has 1 N–H and O–H groups in total. The van der Waals surface area contributed by atoms with Crippen LogP contribution in [0.2, 0.25) is 0 Å². The molecule has 1 aromatic carbocycles. The van der Waals surface area contributed by atoms with Gasteiger partial charge in [-0.3, -0.25) is 4.55 Å². The monoisotopic (exact) mass is 382 g/mol. The molecule has 0 heterocycles. The Morgan fingerprint density at radius 3 is 1.81 bits per heavy atom. The Labute approximate surface area is 161 Å². The number of rotatable bonds is 14. The lowest BCUT2D eigenvalue weighted by atomic mass is 9.98. The van der Waals surface area contributed by atoms with Crippen LogP contribution < -0.4 is 0 Å². The molecular weight excluding hydrogens is 344 g/mol. The van der Waals surface area contributed by atoms with Crippen molar-refractivity contribution in [2.75, 3.05) is 0 Å². The molecule has 0 amide bonds. The Bertz CT molecular complexity index is 606. The molecule has 0 saturated carbocycles. The van der Waals surface area contributed by atoms with Crippen molar-refractivity contribution < 1.29 is 13.0 Å². The first-order chi connectivity index (χ1) is 12.4. The number of hydrogen-bond donors (Lipinski definition) is 1. The van der Waals surface area contributed by atoms with E-state index in [9.17, 15) is 13.0 Å². The second kappa shape index (κ2) is 12.5. The first-order valence-electron chi connectivity index (χ1n) is 10.5. The molecule has 0 aliphatic rings. The Hall–Kier alpha value is -0.870. The average molecular weight is 383 g/mol. The zero-order valence-corrected chi connectivity index (χ0v) is 17.8. The molecule has 0 unspecified atom stereocenters. The summed E-state index contributed by atoms with van der Waals surface area (Å²) in [6, 6.07) is 5.34. The molecule has 0 aromatic heterocycles. The minimum Gasteiger partial charge on any atom is -0.282 e. The van der Waals surface area contributed by atoms with Crippen molar-refractivity contribution in [1.82, 2.24) is 0 Å². The van der Waals surface area contributed by atoms with Crippen LogP contribution in [0.15, 0.2) is 23.1 Å². The van der Waals surface area contributed by atoms with Gasteiger partial charge in [-0.2, -0.15) is 8.42 Å². The van der Waals surface area contributed by atoms with Crippen molar-refractivity contribution in [3.63, 3.8) is 0 Å². The average Bonchev–Trinajstić information content (AvgIpc) is 2.58. The Morgan fingerprint density at radius 2 is 1.35 bits per heavy atom. The molecule has 0 atom stereocenters. The summed E-state index contributed by atoms with van der Waals surface area (Å²) in [7, 11) is -4.14. The highest BCUT2D eigenvalue weighted by Gasteiger charge is 2.17. The van der Waals surface area contributed by atoms with Gasteiger partial charge in [-0.15, -0.1) is 0 Å². The summed E-state index contributed by atoms with van der Waals surface area (Å²) in [6.45, 7) is 6.17. The van der Waals surface area contributed by atoms with Gasteiger partial charge >= 0.3 is 0 Å². The van der Waals surface area contributed by atoms with Crippen LogP contribution in [-0.2, 0) is 16.5 Å². The van der Waals surface area contributed by atoms with E-state index in [0.29, 0.717) is 5.56 Å². The molecule has 0 saturated heterocycles. The maximum absolute atomic E-state index is 11.5. The van der Waals surface area contributed by atoms with Gasteiger partial charge in [-0.1, -0.05) is 97.1 Å². The smallest absolute Gasteiger partial charge is 0.282 e. The van der Waals surface area contributed by atoms with E-state index in [1.165, 1.54) is 64.2 Å². The van der Waals surface area contributed by atoms with E-state index in [-0.39, 0.29) is 10.8 Å². The standard InChI is InChI=1S/C22H38O3S/c1-4-5-6-7-8-9-10-11-12-13-14-15-20-16-17-22(26(23,24)25)21(18-20)19(2)3/h16-19H,4-15H2,1-3H3,(H,23,24,25). The number of hydrogen-bond acceptors (Lipinski definition) is 2. The van der Waals surface area contributed by atoms with Crippen LogP contribution in [0.1, 0.15) is 108 Å². The van der Waals surface area contributed by atoms with Crippen molar-refractivity contribution in [2.24, 2.45) is 0 Å². The Balaban J connectivity index is 2.26. The first-order valence-corrected chi connectivity index (χ1v) is 11.9. The van der Waals surface area contributed by atoms with Gasteiger partial charge in [0.15, 0.2) is 0 Å². The lowest BCUT2D eigenvalue weighted by molar-refractivity contribution is 0.481. The van der Waals surface area contributed by atoms with E-state index in [1.807, 2.05) is 26.0 Å². The Kier molecular flexibility index (Phi) is 11.1. The molecule has 0 aliphatic carbocycles. The number of aryl methyl sites for hydroxylation is 1. The van der Waals surface area contributed by atoms with Gasteiger partial charge in [-0.25, -0.2) is 0 Å². The summed E-state index contributed by atoms with van der Waals surface area (Å²) in [5, 5.41) is 0. The molecule has 1 aromatic rings. The SMILES string of the molecule is CCCCCCCCCCCCCc1ccc(S(=O)(=O)O)c(C(C)C)c1. The third-order valence-electron chi connectivity index (χ3n) is 5.04. The second-order valence-electron chi connectivity index (χ2n) is 7.79. The predicted octanol–water partition coefficient (Wildman–Crippen LogP) is 6.91. The van der Waals surface area contributed by atoms with Gasteiger partial charge in [0, 0.05) is 0 Å². The highest BCUT2D eigenvalue weighted by molar-refractivity contribution is 7.85. The normalized spacial score (nSPS) is 12.0. The van der Waals surface area contributed by atoms with Crippen molar-refractivity contribution in [3.05, 3.63) is 29.3 Å². The fraction of sp³-hybridized carbons (Fsp3) is 0.727. The summed E-state index contributed by atoms with van der Waals surface area (Å²) in [5.41, 5.74) is 1.88. The molecule has 26 heavy (non-hydrogen) atoms. The van der Waals surface area contributed by atoms with Crippen LogP contribution in [0, 0.1) is 0 Å². The quantitative estimate of drug-likeness (QED) is 0.281. The molecule has 0 bridgehead atoms. The van der Waals surface area contributed by atoms with Crippen molar-refractivity contribution in [2.45, 2.75) is 109 Å². The maximum Gasteiger partial charge on any atom is 0.294 e. The topological polar surface area (TPSA) is 54.4 Å². The summed E-state index contributed by atoms with van der Waals surface area (Å²) in [4.78, 5) is 0.0511. The molecule has 1 rings (SSSR count). The minimum atomic E-state index is -4.14. The van der Waals surface area contributed by atoms with Gasteiger partial charge in [0.25, 0.3) is 10.1 Å². The van der Waals surface area contributed by atoms with Crippen LogP contribution in [0.5, 0.6) is 0 Å². The molecule has 3 nitrogen and oxygen atoms in total. The van der Waals surface area contributed by atoms with Crippen molar-refractivity contribution in [1.29, 1.82) is 0 Å². The van der Waals surface area contributed by atoms with Gasteiger partial charge in [0.2, 0.25) is 0 Å². The molecule has 0 aliphatic heterocycles. The van der Waals surface area contributed by atoms with Crippen molar-refractivity contribution in [3.8, 4) is 0 Å². The lowest BCUT2D eigenvalue weighted by Crippen LogP contribution is -2.05. The maximum atomic E-state index is 11.5. The van der Waals surface area contributed by atoms with Crippen LogP contribution in [0.4, 0.5) is 0 Å². The van der Waals surface area contributed by atoms with Gasteiger partial charge < -0.3 is 0 Å². The summed E-state index contributed by atoms with van der Waals surface area (Å²) in [6.07, 6.45) is 15.6. The highest BCUT2D eigenvalue weighted by atomic mass is 32.2. The zero-order chi connectivity index (χ0) is 19.4. The van der Waals surface area contributed by atoms with Gasteiger partial charge in [-0.05, 0) is 36.0 Å². The predicted molar refractivity (Wildman–Crippen MR) is 111 cm³/mol. The Morgan fingerprint density at radius 1 is 0.846 bits per heavy atom. The van der Waals surface area contributed by atoms with E-state index in [1.54, 1.807) is 6.07 Å². The third-order valence-corrected chi connectivity index (χ3v) is 5.97. The van der Waals surface area contributed by atoms with Gasteiger partial charge in [0.05, 0.1) is 4.90 Å². The van der Waals surface area contributed by atoms with E-state index in [2.05, 4.69) is 6.92 Å². The largest absolute Gasteiger partial charge is 0.294 e. The van der Waals surface area contributed by atoms with E-state index < -0.39 is 10.1 Å². The number of unbranched alkanes of at least 4 members (excludes halogenated alkanes) is 10. The fourth-order valence-corrected chi connectivity index (χ4v) is 4.27. The van der Waals surface area contributed by atoms with Gasteiger partial charge in [0.1, 0.15) is 0 Å². The number of benzene rings is 1. The fourth-order valence-electron chi connectivity index (χ4n) is 3.43. The zero-order valence-electron chi connectivity index (χ0n) is 17.0. The van der Waals surface area contributed by atoms with E-state index >= 15 is 0 Å². The summed E-state index contributed by atoms with van der Waals surface area (Å²) < 4.78 is 32.3. The second-order valence-corrected chi connectivity index (χ2v) is 9.18. The third kappa shape index (κ3) is 9.18. The van der Waals surface area contributed by atoms with E-state index in [4.69, 9.17) is 0 Å². The summed E-state index contributed by atoms with van der Waals surface area (Å²) >= 11 is 0. The van der Waals surface area contributed by atoms with Crippen LogP contribution in [0.25, 0.3) is 0 Å². The molecule has 150 valence electrons. The molecular formula is C22H38O3S. The molecule has 4 heteroatoms. The minimum absolute atomic E-state index is 0.0511. The molecule has 0 fully saturated rings. The van der Waals surface area contributed by atoms with E-state index in [0.717, 1.165) is 18.4 Å². The van der Waals surface area contributed by atoms with Crippen LogP contribution >= 0.6 is 0 Å². The molecule has 0 spiro atoms. The first kappa shape index (κ1) is 23.2. The summed E-state index contributed by atoms with van der Waals surface area (Å²) in [5.74, 6) is 0.0733. The lowest BCUT2D eigenvalue weighted by Gasteiger charge is -2.13. The molecule has 0 radical (unpaired) electrons. The van der Waals surface area contributed by atoms with Crippen molar-refractivity contribution >= 4 is 10.1 Å². The van der Waals surface area contributed by atoms with Crippen LogP contribution in [-0.4, -0.2) is 13.0 Å². The van der Waals surface area contributed by atoms with Crippen LogP contribution in [0.3, 0.4) is 0 Å². The highest BCUT2D eigenvalue weighted by Crippen LogP contribution is 2.25.